The van der Waals surface area contributed by atoms with Gasteiger partial charge in [-0.2, -0.15) is 0 Å². The Bertz CT molecular complexity index is 662. The van der Waals surface area contributed by atoms with Gasteiger partial charge in [0.25, 0.3) is 0 Å². The number of halogens is 1. The summed E-state index contributed by atoms with van der Waals surface area (Å²) in [4.78, 5) is 9.66. The second-order valence-electron chi connectivity index (χ2n) is 6.27. The third-order valence-corrected chi connectivity index (χ3v) is 5.41. The van der Waals surface area contributed by atoms with Crippen molar-refractivity contribution >= 4 is 11.6 Å². The monoisotopic (exact) mass is 298 g/mol. The Morgan fingerprint density at radius 2 is 1.67 bits per heavy atom. The first-order valence-corrected chi connectivity index (χ1v) is 8.29. The smallest absolute Gasteiger partial charge is 0.140 e. The van der Waals surface area contributed by atoms with E-state index in [1.807, 2.05) is 0 Å². The van der Waals surface area contributed by atoms with Gasteiger partial charge in [0.05, 0.1) is 5.41 Å². The lowest BCUT2D eigenvalue weighted by molar-refractivity contribution is 0.284. The Kier molecular flexibility index (Phi) is 3.22. The third kappa shape index (κ3) is 2.08. The number of fused-ring (bicyclic) bond motifs is 1. The van der Waals surface area contributed by atoms with E-state index < -0.39 is 0 Å². The first kappa shape index (κ1) is 13.3. The van der Waals surface area contributed by atoms with Gasteiger partial charge in [-0.05, 0) is 44.1 Å². The second-order valence-corrected chi connectivity index (χ2v) is 6.63. The average Bonchev–Trinajstić information content (AvgIpc) is 2.47. The highest BCUT2D eigenvalue weighted by Crippen LogP contribution is 2.48. The van der Waals surface area contributed by atoms with E-state index in [1.165, 1.54) is 36.1 Å². The Morgan fingerprint density at radius 3 is 2.38 bits per heavy atom. The molecule has 0 N–H and O–H groups in total. The van der Waals surface area contributed by atoms with Gasteiger partial charge in [0.1, 0.15) is 11.0 Å². The molecule has 3 heteroatoms. The maximum absolute atomic E-state index is 6.47. The number of benzene rings is 1. The van der Waals surface area contributed by atoms with Crippen LogP contribution in [0, 0.1) is 0 Å². The molecule has 0 saturated heterocycles. The largest absolute Gasteiger partial charge is 0.237 e. The van der Waals surface area contributed by atoms with Crippen LogP contribution in [0.2, 0.25) is 5.15 Å². The quantitative estimate of drug-likeness (QED) is 0.764. The van der Waals surface area contributed by atoms with E-state index in [1.54, 1.807) is 0 Å². The molecule has 108 valence electrons. The molecule has 2 nitrogen and oxygen atoms in total. The summed E-state index contributed by atoms with van der Waals surface area (Å²) in [6, 6.07) is 10.7. The first-order chi connectivity index (χ1) is 10.3. The van der Waals surface area contributed by atoms with Crippen LogP contribution in [0.5, 0.6) is 0 Å². The zero-order valence-corrected chi connectivity index (χ0v) is 12.9. The SMILES string of the molecule is Clc1nc(C2(c3ccccc3)CCC2)nc2c1CCCC2. The van der Waals surface area contributed by atoms with Crippen LogP contribution in [0.4, 0.5) is 0 Å². The van der Waals surface area contributed by atoms with Crippen LogP contribution in [-0.2, 0) is 18.3 Å². The van der Waals surface area contributed by atoms with E-state index >= 15 is 0 Å². The number of hydrogen-bond acceptors (Lipinski definition) is 2. The van der Waals surface area contributed by atoms with Crippen molar-refractivity contribution < 1.29 is 0 Å². The fraction of sp³-hybridized carbons (Fsp3) is 0.444. The van der Waals surface area contributed by atoms with Gasteiger partial charge < -0.3 is 0 Å². The van der Waals surface area contributed by atoms with Gasteiger partial charge >= 0.3 is 0 Å². The number of rotatable bonds is 2. The number of aromatic nitrogens is 2. The zero-order valence-electron chi connectivity index (χ0n) is 12.1. The van der Waals surface area contributed by atoms with Gasteiger partial charge in [0, 0.05) is 11.3 Å². The van der Waals surface area contributed by atoms with Crippen molar-refractivity contribution in [2.45, 2.75) is 50.4 Å². The minimum absolute atomic E-state index is 0.00260. The molecule has 1 saturated carbocycles. The van der Waals surface area contributed by atoms with E-state index in [0.717, 1.165) is 31.5 Å². The van der Waals surface area contributed by atoms with Crippen LogP contribution in [0.25, 0.3) is 0 Å². The summed E-state index contributed by atoms with van der Waals surface area (Å²) < 4.78 is 0. The van der Waals surface area contributed by atoms with Crippen LogP contribution in [0.3, 0.4) is 0 Å². The number of aryl methyl sites for hydroxylation is 1. The predicted octanol–water partition coefficient (Wildman–Crippen LogP) is 4.48. The van der Waals surface area contributed by atoms with E-state index in [-0.39, 0.29) is 5.41 Å². The molecule has 0 aliphatic heterocycles. The van der Waals surface area contributed by atoms with Gasteiger partial charge in [0.2, 0.25) is 0 Å². The molecule has 0 spiro atoms. The van der Waals surface area contributed by atoms with Gasteiger partial charge in [-0.25, -0.2) is 9.97 Å². The van der Waals surface area contributed by atoms with Gasteiger partial charge in [-0.1, -0.05) is 48.4 Å². The lowest BCUT2D eigenvalue weighted by atomic mass is 9.63. The van der Waals surface area contributed by atoms with Crippen molar-refractivity contribution in [3.63, 3.8) is 0 Å². The molecule has 0 amide bonds. The molecule has 1 fully saturated rings. The number of hydrogen-bond donors (Lipinski definition) is 0. The molecule has 2 aromatic rings. The summed E-state index contributed by atoms with van der Waals surface area (Å²) in [6.07, 6.45) is 8.02. The van der Waals surface area contributed by atoms with Gasteiger partial charge in [-0.3, -0.25) is 0 Å². The molecule has 0 radical (unpaired) electrons. The van der Waals surface area contributed by atoms with Crippen molar-refractivity contribution in [3.8, 4) is 0 Å². The molecule has 1 heterocycles. The van der Waals surface area contributed by atoms with Gasteiger partial charge in [0.15, 0.2) is 0 Å². The Morgan fingerprint density at radius 1 is 0.905 bits per heavy atom. The average molecular weight is 299 g/mol. The maximum Gasteiger partial charge on any atom is 0.140 e. The van der Waals surface area contributed by atoms with Crippen LogP contribution in [0.15, 0.2) is 30.3 Å². The molecule has 0 atom stereocenters. The summed E-state index contributed by atoms with van der Waals surface area (Å²) in [6.45, 7) is 0. The van der Waals surface area contributed by atoms with Gasteiger partial charge in [-0.15, -0.1) is 0 Å². The lowest BCUT2D eigenvalue weighted by Gasteiger charge is -2.41. The molecule has 1 aromatic carbocycles. The van der Waals surface area contributed by atoms with E-state index in [0.29, 0.717) is 5.15 Å². The molecular formula is C18H19ClN2. The first-order valence-electron chi connectivity index (χ1n) is 7.91. The van der Waals surface area contributed by atoms with E-state index in [4.69, 9.17) is 21.6 Å². The lowest BCUT2D eigenvalue weighted by Crippen LogP contribution is -2.38. The van der Waals surface area contributed by atoms with Crippen LogP contribution >= 0.6 is 11.6 Å². The predicted molar refractivity (Wildman–Crippen MR) is 84.8 cm³/mol. The summed E-state index contributed by atoms with van der Waals surface area (Å²) in [5.41, 5.74) is 3.72. The Labute approximate surface area is 130 Å². The molecule has 0 bridgehead atoms. The highest BCUT2D eigenvalue weighted by atomic mass is 35.5. The summed E-state index contributed by atoms with van der Waals surface area (Å²) in [5, 5.41) is 0.692. The van der Waals surface area contributed by atoms with Crippen molar-refractivity contribution in [3.05, 3.63) is 58.1 Å². The highest BCUT2D eigenvalue weighted by molar-refractivity contribution is 6.30. The maximum atomic E-state index is 6.47. The topological polar surface area (TPSA) is 25.8 Å². The minimum atomic E-state index is -0.00260. The third-order valence-electron chi connectivity index (χ3n) is 5.09. The highest BCUT2D eigenvalue weighted by Gasteiger charge is 2.43. The number of nitrogens with zero attached hydrogens (tertiary/aromatic N) is 2. The Hall–Kier alpha value is -1.41. The summed E-state index contributed by atoms with van der Waals surface area (Å²) in [5.74, 6) is 0.950. The zero-order chi connectivity index (χ0) is 14.3. The minimum Gasteiger partial charge on any atom is -0.237 e. The fourth-order valence-corrected chi connectivity index (χ4v) is 3.97. The molecule has 21 heavy (non-hydrogen) atoms. The van der Waals surface area contributed by atoms with Crippen LogP contribution in [-0.4, -0.2) is 9.97 Å². The standard InChI is InChI=1S/C18H19ClN2/c19-16-14-9-4-5-10-15(14)20-17(21-16)18(11-6-12-18)13-7-2-1-3-8-13/h1-3,7-8H,4-6,9-12H2. The van der Waals surface area contributed by atoms with Crippen LogP contribution in [0.1, 0.15) is 54.7 Å². The van der Waals surface area contributed by atoms with Crippen molar-refractivity contribution in [2.24, 2.45) is 0 Å². The molecule has 2 aliphatic rings. The summed E-state index contributed by atoms with van der Waals surface area (Å²) in [7, 11) is 0. The molecular weight excluding hydrogens is 280 g/mol. The van der Waals surface area contributed by atoms with E-state index in [2.05, 4.69) is 30.3 Å². The van der Waals surface area contributed by atoms with Crippen molar-refractivity contribution in [1.29, 1.82) is 0 Å². The molecule has 1 aromatic heterocycles. The summed E-state index contributed by atoms with van der Waals surface area (Å²) >= 11 is 6.47. The molecule has 0 unspecified atom stereocenters. The van der Waals surface area contributed by atoms with Crippen molar-refractivity contribution in [2.75, 3.05) is 0 Å². The second kappa shape index (κ2) is 5.10. The molecule has 2 aliphatic carbocycles. The van der Waals surface area contributed by atoms with Crippen LogP contribution < -0.4 is 0 Å². The van der Waals surface area contributed by atoms with Crippen molar-refractivity contribution in [1.82, 2.24) is 9.97 Å². The molecule has 4 rings (SSSR count). The Balaban J connectivity index is 1.83. The fourth-order valence-electron chi connectivity index (χ4n) is 3.69. The normalized spacial score (nSPS) is 19.7. The van der Waals surface area contributed by atoms with E-state index in [9.17, 15) is 0 Å².